The zero-order chi connectivity index (χ0) is 8.39. The van der Waals surface area contributed by atoms with Crippen LogP contribution in [0, 0.1) is 5.92 Å². The van der Waals surface area contributed by atoms with Crippen LogP contribution in [0.5, 0.6) is 0 Å². The Morgan fingerprint density at radius 3 is 2.75 bits per heavy atom. The van der Waals surface area contributed by atoms with Gasteiger partial charge in [-0.3, -0.25) is 0 Å². The molecule has 0 aromatic rings. The van der Waals surface area contributed by atoms with E-state index in [-0.39, 0.29) is 0 Å². The molecule has 2 rings (SSSR count). The molecule has 2 atom stereocenters. The van der Waals surface area contributed by atoms with E-state index in [1.807, 2.05) is 0 Å². The van der Waals surface area contributed by atoms with E-state index in [1.54, 1.807) is 0 Å². The molecule has 1 heterocycles. The molecule has 1 aliphatic carbocycles. The molecule has 12 heavy (non-hydrogen) atoms. The summed E-state index contributed by atoms with van der Waals surface area (Å²) in [7, 11) is 0. The second-order valence-electron chi connectivity index (χ2n) is 4.24. The zero-order valence-corrected chi connectivity index (χ0v) is 8.48. The molecule has 2 N–H and O–H groups in total. The Morgan fingerprint density at radius 2 is 2.17 bits per heavy atom. The molecule has 0 spiro atoms. The van der Waals surface area contributed by atoms with Crippen molar-refractivity contribution in [1.29, 1.82) is 0 Å². The molecule has 0 bridgehead atoms. The van der Waals surface area contributed by atoms with E-state index in [2.05, 4.69) is 11.8 Å². The third-order valence-electron chi connectivity index (χ3n) is 3.05. The fraction of sp³-hybridized carbons (Fsp3) is 1.00. The van der Waals surface area contributed by atoms with Crippen molar-refractivity contribution in [2.24, 2.45) is 11.7 Å². The molecule has 70 valence electrons. The Bertz CT molecular complexity index is 139. The van der Waals surface area contributed by atoms with Gasteiger partial charge in [-0.25, -0.2) is 0 Å². The van der Waals surface area contributed by atoms with Crippen molar-refractivity contribution in [2.75, 3.05) is 5.75 Å². The van der Waals surface area contributed by atoms with Gasteiger partial charge in [0.2, 0.25) is 0 Å². The Kier molecular flexibility index (Phi) is 2.97. The van der Waals surface area contributed by atoms with Crippen LogP contribution in [0.25, 0.3) is 0 Å². The zero-order valence-electron chi connectivity index (χ0n) is 7.67. The minimum absolute atomic E-state index is 0.498. The second kappa shape index (κ2) is 4.01. The van der Waals surface area contributed by atoms with Gasteiger partial charge in [-0.1, -0.05) is 12.8 Å². The van der Waals surface area contributed by atoms with Crippen molar-refractivity contribution in [3.8, 4) is 0 Å². The Morgan fingerprint density at radius 1 is 1.33 bits per heavy atom. The van der Waals surface area contributed by atoms with Crippen LogP contribution in [-0.4, -0.2) is 17.0 Å². The van der Waals surface area contributed by atoms with Gasteiger partial charge in [-0.2, -0.15) is 11.8 Å². The third-order valence-corrected chi connectivity index (χ3v) is 4.59. The molecule has 1 aliphatic heterocycles. The maximum Gasteiger partial charge on any atom is 0.0199 e. The molecule has 0 aromatic heterocycles. The van der Waals surface area contributed by atoms with E-state index in [0.717, 1.165) is 11.2 Å². The van der Waals surface area contributed by atoms with Crippen LogP contribution < -0.4 is 5.73 Å². The molecule has 1 nitrogen and oxygen atoms in total. The van der Waals surface area contributed by atoms with Gasteiger partial charge >= 0.3 is 0 Å². The summed E-state index contributed by atoms with van der Waals surface area (Å²) in [5, 5.41) is 0.795. The summed E-state index contributed by atoms with van der Waals surface area (Å²) >= 11 is 2.10. The summed E-state index contributed by atoms with van der Waals surface area (Å²) in [6.07, 6.45) is 8.40. The lowest BCUT2D eigenvalue weighted by Crippen LogP contribution is -2.30. The maximum atomic E-state index is 6.13. The molecule has 0 amide bonds. The van der Waals surface area contributed by atoms with Gasteiger partial charge in [0, 0.05) is 11.3 Å². The van der Waals surface area contributed by atoms with Crippen LogP contribution in [0.4, 0.5) is 0 Å². The van der Waals surface area contributed by atoms with Gasteiger partial charge < -0.3 is 5.73 Å². The first-order valence-corrected chi connectivity index (χ1v) is 6.28. The predicted molar refractivity (Wildman–Crippen MR) is 55.4 cm³/mol. The summed E-state index contributed by atoms with van der Waals surface area (Å²) < 4.78 is 0. The molecule has 1 saturated carbocycles. The number of thioether (sulfide) groups is 1. The van der Waals surface area contributed by atoms with Crippen molar-refractivity contribution in [3.63, 3.8) is 0 Å². The predicted octanol–water partition coefficient (Wildman–Crippen LogP) is 2.40. The molecule has 0 radical (unpaired) electrons. The first kappa shape index (κ1) is 8.89. The van der Waals surface area contributed by atoms with Gasteiger partial charge in [0.15, 0.2) is 0 Å². The summed E-state index contributed by atoms with van der Waals surface area (Å²) in [6, 6.07) is 0.498. The maximum absolute atomic E-state index is 6.13. The average Bonchev–Trinajstić information content (AvgIpc) is 2.74. The van der Waals surface area contributed by atoms with Crippen LogP contribution in [0.15, 0.2) is 0 Å². The number of hydrogen-bond donors (Lipinski definition) is 1. The van der Waals surface area contributed by atoms with E-state index in [0.29, 0.717) is 6.04 Å². The molecular weight excluding hydrogens is 166 g/mol. The molecular formula is C10H19NS. The van der Waals surface area contributed by atoms with E-state index >= 15 is 0 Å². The van der Waals surface area contributed by atoms with Gasteiger partial charge in [-0.05, 0) is 37.4 Å². The van der Waals surface area contributed by atoms with Crippen LogP contribution >= 0.6 is 11.8 Å². The van der Waals surface area contributed by atoms with Crippen molar-refractivity contribution in [2.45, 2.75) is 49.8 Å². The summed E-state index contributed by atoms with van der Waals surface area (Å²) in [5.41, 5.74) is 6.13. The Labute approximate surface area is 79.5 Å². The fourth-order valence-electron chi connectivity index (χ4n) is 1.96. The standard InChI is InChI=1S/C10H19NS/c11-9(6-5-8-3-4-8)10-2-1-7-12-10/h8-10H,1-7,11H2. The lowest BCUT2D eigenvalue weighted by molar-refractivity contribution is 0.527. The lowest BCUT2D eigenvalue weighted by Gasteiger charge is -2.17. The van der Waals surface area contributed by atoms with Crippen LogP contribution in [0.1, 0.15) is 38.5 Å². The quantitative estimate of drug-likeness (QED) is 0.728. The number of hydrogen-bond acceptors (Lipinski definition) is 2. The Hall–Kier alpha value is 0.310. The van der Waals surface area contributed by atoms with E-state index < -0.39 is 0 Å². The fourth-order valence-corrected chi connectivity index (χ4v) is 3.31. The normalized spacial score (nSPS) is 32.2. The molecule has 2 aliphatic rings. The van der Waals surface area contributed by atoms with Crippen molar-refractivity contribution in [1.82, 2.24) is 0 Å². The minimum atomic E-state index is 0.498. The van der Waals surface area contributed by atoms with Gasteiger partial charge in [-0.15, -0.1) is 0 Å². The highest BCUT2D eigenvalue weighted by Gasteiger charge is 2.26. The van der Waals surface area contributed by atoms with E-state index in [4.69, 9.17) is 5.73 Å². The topological polar surface area (TPSA) is 26.0 Å². The van der Waals surface area contributed by atoms with Gasteiger partial charge in [0.05, 0.1) is 0 Å². The van der Waals surface area contributed by atoms with Crippen molar-refractivity contribution < 1.29 is 0 Å². The second-order valence-corrected chi connectivity index (χ2v) is 5.58. The SMILES string of the molecule is NC(CCC1CC1)C1CCCS1. The van der Waals surface area contributed by atoms with E-state index in [1.165, 1.54) is 44.3 Å². The molecule has 2 unspecified atom stereocenters. The highest BCUT2D eigenvalue weighted by molar-refractivity contribution is 8.00. The van der Waals surface area contributed by atoms with Crippen LogP contribution in [0.3, 0.4) is 0 Å². The number of nitrogens with two attached hydrogens (primary N) is 1. The summed E-state index contributed by atoms with van der Waals surface area (Å²) in [5.74, 6) is 2.41. The minimum Gasteiger partial charge on any atom is -0.327 e. The lowest BCUT2D eigenvalue weighted by atomic mass is 10.0. The Balaban J connectivity index is 1.64. The van der Waals surface area contributed by atoms with Gasteiger partial charge in [0.1, 0.15) is 0 Å². The molecule has 1 saturated heterocycles. The largest absolute Gasteiger partial charge is 0.327 e. The summed E-state index contributed by atoms with van der Waals surface area (Å²) in [4.78, 5) is 0. The first-order chi connectivity index (χ1) is 5.86. The summed E-state index contributed by atoms with van der Waals surface area (Å²) in [6.45, 7) is 0. The highest BCUT2D eigenvalue weighted by Crippen LogP contribution is 2.36. The smallest absolute Gasteiger partial charge is 0.0199 e. The van der Waals surface area contributed by atoms with Crippen LogP contribution in [0.2, 0.25) is 0 Å². The molecule has 0 aromatic carbocycles. The molecule has 2 fully saturated rings. The molecule has 2 heteroatoms. The highest BCUT2D eigenvalue weighted by atomic mass is 32.2. The first-order valence-electron chi connectivity index (χ1n) is 5.23. The van der Waals surface area contributed by atoms with E-state index in [9.17, 15) is 0 Å². The van der Waals surface area contributed by atoms with Crippen molar-refractivity contribution >= 4 is 11.8 Å². The third kappa shape index (κ3) is 2.40. The van der Waals surface area contributed by atoms with Gasteiger partial charge in [0.25, 0.3) is 0 Å². The monoisotopic (exact) mass is 185 g/mol. The van der Waals surface area contributed by atoms with Crippen molar-refractivity contribution in [3.05, 3.63) is 0 Å². The van der Waals surface area contributed by atoms with Crippen LogP contribution in [-0.2, 0) is 0 Å². The average molecular weight is 185 g/mol. The number of rotatable bonds is 4.